The van der Waals surface area contributed by atoms with E-state index in [2.05, 4.69) is 10.1 Å². The molecule has 0 saturated heterocycles. The maximum Gasteiger partial charge on any atom is 0.349 e. The van der Waals surface area contributed by atoms with Crippen LogP contribution in [0.3, 0.4) is 0 Å². The zero-order valence-electron chi connectivity index (χ0n) is 10.8. The monoisotopic (exact) mass is 278 g/mol. The molecular formula is C13H14N2O3S. The van der Waals surface area contributed by atoms with Gasteiger partial charge in [0.15, 0.2) is 11.9 Å². The van der Waals surface area contributed by atoms with Crippen molar-refractivity contribution in [2.75, 3.05) is 0 Å². The van der Waals surface area contributed by atoms with Crippen molar-refractivity contribution in [1.82, 2.24) is 10.1 Å². The molecule has 1 atom stereocenters. The number of aryl methyl sites for hydroxylation is 1. The van der Waals surface area contributed by atoms with Gasteiger partial charge in [0.05, 0.1) is 0 Å². The lowest BCUT2D eigenvalue weighted by molar-refractivity contribution is 0.0270. The molecule has 2 aromatic rings. The quantitative estimate of drug-likeness (QED) is 0.803. The summed E-state index contributed by atoms with van der Waals surface area (Å²) in [4.78, 5) is 16.9. The van der Waals surface area contributed by atoms with Gasteiger partial charge in [0.25, 0.3) is 5.89 Å². The molecule has 0 spiro atoms. The third-order valence-corrected chi connectivity index (χ3v) is 3.98. The molecule has 0 unspecified atom stereocenters. The zero-order valence-corrected chi connectivity index (χ0v) is 11.6. The van der Waals surface area contributed by atoms with E-state index >= 15 is 0 Å². The maximum atomic E-state index is 12.1. The number of carbonyl (C=O) groups excluding carboxylic acids is 1. The Morgan fingerprint density at radius 2 is 2.37 bits per heavy atom. The fourth-order valence-electron chi connectivity index (χ4n) is 1.94. The Balaban J connectivity index is 1.72. The molecule has 1 aliphatic carbocycles. The molecule has 3 rings (SSSR count). The number of nitrogens with zero attached hydrogens (tertiary/aromatic N) is 2. The van der Waals surface area contributed by atoms with E-state index in [4.69, 9.17) is 9.26 Å². The molecule has 5 nitrogen and oxygen atoms in total. The van der Waals surface area contributed by atoms with Crippen molar-refractivity contribution in [3.05, 3.63) is 33.6 Å². The van der Waals surface area contributed by atoms with Crippen LogP contribution in [0.5, 0.6) is 0 Å². The summed E-state index contributed by atoms with van der Waals surface area (Å²) in [7, 11) is 0. The maximum absolute atomic E-state index is 12.1. The van der Waals surface area contributed by atoms with Crippen LogP contribution in [0.4, 0.5) is 0 Å². The first kappa shape index (κ1) is 12.3. The van der Waals surface area contributed by atoms with Crippen LogP contribution >= 0.6 is 11.3 Å². The molecule has 0 amide bonds. The highest BCUT2D eigenvalue weighted by molar-refractivity contribution is 7.12. The summed E-state index contributed by atoms with van der Waals surface area (Å²) < 4.78 is 10.4. The van der Waals surface area contributed by atoms with Crippen LogP contribution in [0.25, 0.3) is 0 Å². The topological polar surface area (TPSA) is 65.2 Å². The summed E-state index contributed by atoms with van der Waals surface area (Å²) in [6.45, 7) is 3.46. The number of rotatable bonds is 4. The Morgan fingerprint density at radius 3 is 3.00 bits per heavy atom. The number of hydrogen-bond acceptors (Lipinski definition) is 6. The molecule has 19 heavy (non-hydrogen) atoms. The first-order chi connectivity index (χ1) is 9.15. The van der Waals surface area contributed by atoms with Gasteiger partial charge in [-0.1, -0.05) is 5.16 Å². The van der Waals surface area contributed by atoms with Crippen LogP contribution in [-0.2, 0) is 4.74 Å². The Bertz CT molecular complexity index is 601. The van der Waals surface area contributed by atoms with E-state index in [1.165, 1.54) is 11.3 Å². The highest BCUT2D eigenvalue weighted by Gasteiger charge is 2.30. The highest BCUT2D eigenvalue weighted by atomic mass is 32.1. The van der Waals surface area contributed by atoms with Crippen LogP contribution in [0.1, 0.15) is 58.7 Å². The van der Waals surface area contributed by atoms with Crippen molar-refractivity contribution in [2.45, 2.75) is 38.7 Å². The molecule has 2 aromatic heterocycles. The summed E-state index contributed by atoms with van der Waals surface area (Å²) in [6, 6.07) is 2.01. The average Bonchev–Trinajstić information content (AvgIpc) is 2.94. The minimum Gasteiger partial charge on any atom is -0.448 e. The van der Waals surface area contributed by atoms with Crippen LogP contribution in [-0.4, -0.2) is 16.1 Å². The molecule has 1 fully saturated rings. The van der Waals surface area contributed by atoms with E-state index in [9.17, 15) is 4.79 Å². The lowest BCUT2D eigenvalue weighted by Crippen LogP contribution is -2.09. The molecule has 6 heteroatoms. The Morgan fingerprint density at radius 1 is 1.58 bits per heavy atom. The second-order valence-electron chi connectivity index (χ2n) is 4.71. The van der Waals surface area contributed by atoms with Crippen molar-refractivity contribution in [1.29, 1.82) is 0 Å². The average molecular weight is 278 g/mol. The van der Waals surface area contributed by atoms with E-state index in [1.807, 2.05) is 11.4 Å². The largest absolute Gasteiger partial charge is 0.448 e. The van der Waals surface area contributed by atoms with Crippen molar-refractivity contribution in [2.24, 2.45) is 0 Å². The summed E-state index contributed by atoms with van der Waals surface area (Å²) in [5.41, 5.74) is 1.11. The van der Waals surface area contributed by atoms with Gasteiger partial charge in [-0.05, 0) is 49.6 Å². The number of aromatic nitrogens is 2. The zero-order chi connectivity index (χ0) is 13.4. The van der Waals surface area contributed by atoms with Gasteiger partial charge in [0.2, 0.25) is 0 Å². The molecule has 0 radical (unpaired) electrons. The number of thiophene rings is 1. The third kappa shape index (κ3) is 2.53. The predicted molar refractivity (Wildman–Crippen MR) is 69.2 cm³/mol. The lowest BCUT2D eigenvalue weighted by Gasteiger charge is -2.09. The van der Waals surface area contributed by atoms with Crippen molar-refractivity contribution in [3.8, 4) is 0 Å². The second kappa shape index (κ2) is 4.77. The van der Waals surface area contributed by atoms with Crippen LogP contribution < -0.4 is 0 Å². The van der Waals surface area contributed by atoms with Crippen molar-refractivity contribution in [3.63, 3.8) is 0 Å². The van der Waals surface area contributed by atoms with Gasteiger partial charge in [0.1, 0.15) is 4.88 Å². The number of hydrogen-bond donors (Lipinski definition) is 0. The fourth-order valence-corrected chi connectivity index (χ4v) is 2.81. The van der Waals surface area contributed by atoms with E-state index in [1.54, 1.807) is 13.8 Å². The summed E-state index contributed by atoms with van der Waals surface area (Å²) >= 11 is 1.43. The summed E-state index contributed by atoms with van der Waals surface area (Å²) in [5, 5.41) is 5.62. The number of carbonyl (C=O) groups is 1. The summed E-state index contributed by atoms with van der Waals surface area (Å²) in [6.07, 6.45) is 1.80. The SMILES string of the molecule is Cc1noc([C@@H](C)OC(=O)c2sccc2C2CC2)n1. The highest BCUT2D eigenvalue weighted by Crippen LogP contribution is 2.43. The van der Waals surface area contributed by atoms with E-state index in [0.29, 0.717) is 22.5 Å². The standard InChI is InChI=1S/C13H14N2O3S/c1-7(12-14-8(2)15-18-12)17-13(16)11-10(5-6-19-11)9-3-4-9/h5-7,9H,3-4H2,1-2H3/t7-/m1/s1. The van der Waals surface area contributed by atoms with Gasteiger partial charge < -0.3 is 9.26 Å². The molecule has 0 aromatic carbocycles. The molecule has 1 saturated carbocycles. The Hall–Kier alpha value is -1.69. The van der Waals surface area contributed by atoms with E-state index < -0.39 is 6.10 Å². The third-order valence-electron chi connectivity index (χ3n) is 3.07. The molecule has 0 aliphatic heterocycles. The Labute approximate surface area is 114 Å². The molecule has 2 heterocycles. The Kier molecular flexibility index (Phi) is 3.10. The second-order valence-corrected chi connectivity index (χ2v) is 5.62. The smallest absolute Gasteiger partial charge is 0.349 e. The van der Waals surface area contributed by atoms with E-state index in [-0.39, 0.29) is 5.97 Å². The first-order valence-corrected chi connectivity index (χ1v) is 7.11. The lowest BCUT2D eigenvalue weighted by atomic mass is 10.2. The molecular weight excluding hydrogens is 264 g/mol. The van der Waals surface area contributed by atoms with Gasteiger partial charge in [-0.2, -0.15) is 4.98 Å². The molecule has 0 N–H and O–H groups in total. The molecule has 1 aliphatic rings. The van der Waals surface area contributed by atoms with Gasteiger partial charge in [-0.3, -0.25) is 0 Å². The van der Waals surface area contributed by atoms with Gasteiger partial charge in [0, 0.05) is 0 Å². The molecule has 0 bridgehead atoms. The van der Waals surface area contributed by atoms with Gasteiger partial charge in [-0.25, -0.2) is 4.79 Å². The minimum atomic E-state index is -0.525. The van der Waals surface area contributed by atoms with Crippen LogP contribution in [0.15, 0.2) is 16.0 Å². The minimum absolute atomic E-state index is 0.305. The normalized spacial score (nSPS) is 16.3. The van der Waals surface area contributed by atoms with E-state index in [0.717, 1.165) is 18.4 Å². The van der Waals surface area contributed by atoms with Crippen molar-refractivity contribution < 1.29 is 14.1 Å². The van der Waals surface area contributed by atoms with Gasteiger partial charge in [-0.15, -0.1) is 11.3 Å². The van der Waals surface area contributed by atoms with Crippen LogP contribution in [0, 0.1) is 6.92 Å². The molecule has 100 valence electrons. The van der Waals surface area contributed by atoms with Crippen LogP contribution in [0.2, 0.25) is 0 Å². The number of esters is 1. The predicted octanol–water partition coefficient (Wildman–Crippen LogP) is 3.23. The first-order valence-electron chi connectivity index (χ1n) is 6.23. The van der Waals surface area contributed by atoms with Crippen molar-refractivity contribution >= 4 is 17.3 Å². The summed E-state index contributed by atoms with van der Waals surface area (Å²) in [5.74, 6) is 1.10. The van der Waals surface area contributed by atoms with Gasteiger partial charge >= 0.3 is 5.97 Å². The number of ether oxygens (including phenoxy) is 1. The fraction of sp³-hybridized carbons (Fsp3) is 0.462.